The van der Waals surface area contributed by atoms with Crippen molar-refractivity contribution in [3.8, 4) is 0 Å². The molecule has 0 fully saturated rings. The maximum atomic E-state index is 3.62. The van der Waals surface area contributed by atoms with Gasteiger partial charge < -0.3 is 10.2 Å². The molecule has 1 N–H and O–H groups in total. The van der Waals surface area contributed by atoms with E-state index in [-0.39, 0.29) is 0 Å². The molecule has 90 valence electrons. The molecule has 0 radical (unpaired) electrons. The highest BCUT2D eigenvalue weighted by Gasteiger charge is 1.81. The Morgan fingerprint density at radius 3 is 1.93 bits per heavy atom. The largest absolute Gasteiger partial charge is 0.358 e. The van der Waals surface area contributed by atoms with E-state index in [1.807, 2.05) is 46.0 Å². The molecule has 0 aromatic rings. The Morgan fingerprint density at radius 2 is 1.73 bits per heavy atom. The Hall–Kier alpha value is -1.02. The van der Waals surface area contributed by atoms with Gasteiger partial charge in [0.25, 0.3) is 0 Å². The van der Waals surface area contributed by atoms with Gasteiger partial charge in [-0.3, -0.25) is 0 Å². The average molecular weight is 212 g/mol. The molecule has 0 rings (SSSR count). The third-order valence-corrected chi connectivity index (χ3v) is 1.37. The van der Waals surface area contributed by atoms with Gasteiger partial charge in [-0.15, -0.1) is 0 Å². The van der Waals surface area contributed by atoms with Crippen molar-refractivity contribution in [3.05, 3.63) is 37.2 Å². The van der Waals surface area contributed by atoms with Crippen molar-refractivity contribution in [2.45, 2.75) is 27.7 Å². The van der Waals surface area contributed by atoms with Gasteiger partial charge in [0, 0.05) is 13.2 Å². The van der Waals surface area contributed by atoms with Gasteiger partial charge in [0.1, 0.15) is 0 Å². The Balaban J connectivity index is -0.000000202. The zero-order chi connectivity index (χ0) is 12.7. The molecule has 0 bridgehead atoms. The third-order valence-electron chi connectivity index (χ3n) is 1.37. The zero-order valence-electron chi connectivity index (χ0n) is 11.3. The SMILES string of the molecule is C=C/C(C)=C\N(C)C=C.CC.CCNC. The molecule has 15 heavy (non-hydrogen) atoms. The highest BCUT2D eigenvalue weighted by molar-refractivity contribution is 5.12. The fourth-order valence-corrected chi connectivity index (χ4v) is 0.427. The second-order valence-electron chi connectivity index (χ2n) is 2.63. The lowest BCUT2D eigenvalue weighted by Gasteiger charge is -2.05. The van der Waals surface area contributed by atoms with Crippen LogP contribution in [-0.2, 0) is 0 Å². The number of nitrogens with zero attached hydrogens (tertiary/aromatic N) is 1. The van der Waals surface area contributed by atoms with Gasteiger partial charge in [-0.1, -0.05) is 40.0 Å². The second kappa shape index (κ2) is 18.7. The van der Waals surface area contributed by atoms with Gasteiger partial charge in [-0.05, 0) is 32.3 Å². The summed E-state index contributed by atoms with van der Waals surface area (Å²) in [5, 5.41) is 2.93. The summed E-state index contributed by atoms with van der Waals surface area (Å²) >= 11 is 0. The minimum absolute atomic E-state index is 1.07. The molecule has 0 aromatic carbocycles. The van der Waals surface area contributed by atoms with E-state index >= 15 is 0 Å². The number of rotatable bonds is 4. The summed E-state index contributed by atoms with van der Waals surface area (Å²) in [5.74, 6) is 0. The molecule has 2 nitrogen and oxygen atoms in total. The van der Waals surface area contributed by atoms with Crippen LogP contribution in [0.4, 0.5) is 0 Å². The van der Waals surface area contributed by atoms with Crippen molar-refractivity contribution in [2.75, 3.05) is 20.6 Å². The van der Waals surface area contributed by atoms with Crippen molar-refractivity contribution in [1.29, 1.82) is 0 Å². The van der Waals surface area contributed by atoms with Gasteiger partial charge >= 0.3 is 0 Å². The first-order valence-corrected chi connectivity index (χ1v) is 5.42. The smallest absolute Gasteiger partial charge is 0.0106 e. The highest BCUT2D eigenvalue weighted by Crippen LogP contribution is 1.94. The average Bonchev–Trinajstić information content (AvgIpc) is 2.31. The van der Waals surface area contributed by atoms with Crippen LogP contribution in [-0.4, -0.2) is 25.5 Å². The summed E-state index contributed by atoms with van der Waals surface area (Å²) in [5.41, 5.74) is 1.14. The zero-order valence-corrected chi connectivity index (χ0v) is 11.3. The summed E-state index contributed by atoms with van der Waals surface area (Å²) < 4.78 is 0. The molecule has 0 saturated heterocycles. The van der Waals surface area contributed by atoms with Gasteiger partial charge in [0.2, 0.25) is 0 Å². The monoisotopic (exact) mass is 212 g/mol. The normalized spacial score (nSPS) is 8.80. The van der Waals surface area contributed by atoms with Crippen LogP contribution in [0.2, 0.25) is 0 Å². The number of hydrogen-bond donors (Lipinski definition) is 1. The Morgan fingerprint density at radius 1 is 1.33 bits per heavy atom. The molecular formula is C13H28N2. The summed E-state index contributed by atoms with van der Waals surface area (Å²) in [6, 6.07) is 0. The Bertz CT molecular complexity index is 158. The van der Waals surface area contributed by atoms with E-state index in [0.717, 1.165) is 12.1 Å². The molecule has 0 aliphatic rings. The molecule has 0 aromatic heterocycles. The predicted molar refractivity (Wildman–Crippen MR) is 72.9 cm³/mol. The van der Waals surface area contributed by atoms with Crippen LogP contribution in [0.1, 0.15) is 27.7 Å². The van der Waals surface area contributed by atoms with E-state index in [1.165, 1.54) is 0 Å². The number of allylic oxidation sites excluding steroid dienone is 2. The second-order valence-corrected chi connectivity index (χ2v) is 2.63. The van der Waals surface area contributed by atoms with Crippen LogP contribution in [0, 0.1) is 0 Å². The first-order chi connectivity index (χ1) is 7.12. The Kier molecular flexibility index (Phi) is 24.4. The van der Waals surface area contributed by atoms with E-state index < -0.39 is 0 Å². The van der Waals surface area contributed by atoms with Crippen LogP contribution in [0.3, 0.4) is 0 Å². The predicted octanol–water partition coefficient (Wildman–Crippen LogP) is 3.40. The van der Waals surface area contributed by atoms with Crippen LogP contribution in [0.15, 0.2) is 37.2 Å². The first kappa shape index (κ1) is 19.5. The summed E-state index contributed by atoms with van der Waals surface area (Å²) in [4.78, 5) is 1.89. The number of nitrogens with one attached hydrogen (secondary N) is 1. The fraction of sp³-hybridized carbons (Fsp3) is 0.538. The van der Waals surface area contributed by atoms with Crippen LogP contribution in [0.25, 0.3) is 0 Å². The van der Waals surface area contributed by atoms with Gasteiger partial charge in [-0.2, -0.15) is 0 Å². The molecule has 0 saturated carbocycles. The van der Waals surface area contributed by atoms with Gasteiger partial charge in [0.05, 0.1) is 0 Å². The maximum absolute atomic E-state index is 3.62. The fourth-order valence-electron chi connectivity index (χ4n) is 0.427. The van der Waals surface area contributed by atoms with E-state index in [1.54, 1.807) is 12.3 Å². The lowest BCUT2D eigenvalue weighted by Crippen LogP contribution is -2.01. The molecule has 0 amide bonds. The van der Waals surface area contributed by atoms with Crippen LogP contribution >= 0.6 is 0 Å². The van der Waals surface area contributed by atoms with Crippen molar-refractivity contribution >= 4 is 0 Å². The first-order valence-electron chi connectivity index (χ1n) is 5.42. The number of hydrogen-bond acceptors (Lipinski definition) is 2. The summed E-state index contributed by atoms with van der Waals surface area (Å²) in [7, 11) is 3.86. The molecule has 0 unspecified atom stereocenters. The van der Waals surface area contributed by atoms with E-state index in [0.29, 0.717) is 0 Å². The van der Waals surface area contributed by atoms with Crippen molar-refractivity contribution < 1.29 is 0 Å². The van der Waals surface area contributed by atoms with Crippen molar-refractivity contribution in [2.24, 2.45) is 0 Å². The third kappa shape index (κ3) is 24.6. The molecule has 0 atom stereocenters. The molecule has 0 heterocycles. The van der Waals surface area contributed by atoms with E-state index in [9.17, 15) is 0 Å². The van der Waals surface area contributed by atoms with Crippen LogP contribution in [0.5, 0.6) is 0 Å². The Labute approximate surface area is 96.4 Å². The lowest BCUT2D eigenvalue weighted by molar-refractivity contribution is 0.623. The lowest BCUT2D eigenvalue weighted by atomic mass is 10.3. The maximum Gasteiger partial charge on any atom is 0.0106 e. The van der Waals surface area contributed by atoms with Gasteiger partial charge in [-0.25, -0.2) is 0 Å². The molecule has 0 aliphatic heterocycles. The molecule has 0 spiro atoms. The topological polar surface area (TPSA) is 15.3 Å². The van der Waals surface area contributed by atoms with E-state index in [2.05, 4.69) is 25.4 Å². The van der Waals surface area contributed by atoms with Gasteiger partial charge in [0.15, 0.2) is 0 Å². The quantitative estimate of drug-likeness (QED) is 0.718. The highest BCUT2D eigenvalue weighted by atomic mass is 15.0. The van der Waals surface area contributed by atoms with Crippen molar-refractivity contribution in [3.63, 3.8) is 0 Å². The minimum Gasteiger partial charge on any atom is -0.358 e. The standard InChI is InChI=1S/C8H13N.C3H9N.C2H6/c1-5-8(3)7-9(4)6-2;1-3-4-2;1-2/h5-7H,1-2H2,3-4H3;4H,3H2,1-2H3;1-2H3/b8-7-;;. The van der Waals surface area contributed by atoms with E-state index in [4.69, 9.17) is 0 Å². The molecule has 2 heteroatoms. The molecule has 0 aliphatic carbocycles. The van der Waals surface area contributed by atoms with Crippen LogP contribution < -0.4 is 5.32 Å². The molecular weight excluding hydrogens is 184 g/mol. The van der Waals surface area contributed by atoms with Crippen molar-refractivity contribution in [1.82, 2.24) is 10.2 Å². The summed E-state index contributed by atoms with van der Waals surface area (Å²) in [6.45, 7) is 16.3. The minimum atomic E-state index is 1.07. The summed E-state index contributed by atoms with van der Waals surface area (Å²) in [6.07, 6.45) is 5.51.